The summed E-state index contributed by atoms with van der Waals surface area (Å²) in [7, 11) is -6.65. The third kappa shape index (κ3) is 7.25. The molecule has 0 bridgehead atoms. The second-order valence-corrected chi connectivity index (χ2v) is 16.4. The Kier molecular flexibility index (Phi) is 9.42. The molecule has 5 atom stereocenters. The SMILES string of the molecule is Cc1ccc(OP(=O)(NC2(C(=O)OC3CCC3)CCC2)OCC2OC(n3cnc4c(N(C)NS(C)(=O)=O)nc(N)nc43)[C@](C)(O)[C@@H]2O)cc1. The molecule has 3 fully saturated rings. The lowest BCUT2D eigenvalue weighted by Crippen LogP contribution is -2.58. The number of hydrogen-bond acceptors (Lipinski definition) is 15. The molecule has 2 aromatic heterocycles. The Morgan fingerprint density at radius 3 is 2.51 bits per heavy atom. The Morgan fingerprint density at radius 2 is 1.92 bits per heavy atom. The fourth-order valence-corrected chi connectivity index (χ4v) is 8.22. The number of aliphatic hydroxyl groups is 2. The summed E-state index contributed by atoms with van der Waals surface area (Å²) in [6.07, 6.45) is 1.81. The molecule has 1 aromatic carbocycles. The minimum absolute atomic E-state index is 0.0192. The molecule has 49 heavy (non-hydrogen) atoms. The van der Waals surface area contributed by atoms with Crippen molar-refractivity contribution in [3.63, 3.8) is 0 Å². The number of carbonyl (C=O) groups excluding carboxylic acids is 1. The van der Waals surface area contributed by atoms with Crippen LogP contribution in [-0.4, -0.2) is 93.5 Å². The van der Waals surface area contributed by atoms with Gasteiger partial charge in [0.05, 0.1) is 19.2 Å². The monoisotopic (exact) mass is 724 g/mol. The topological polar surface area (TPSA) is 243 Å². The van der Waals surface area contributed by atoms with E-state index in [2.05, 4.69) is 24.9 Å². The number of aryl methyl sites for hydroxylation is 1. The quantitative estimate of drug-likeness (QED) is 0.0951. The number of nitrogens with one attached hydrogen (secondary N) is 2. The molecule has 1 saturated heterocycles. The van der Waals surface area contributed by atoms with E-state index in [1.807, 2.05) is 6.92 Å². The Labute approximate surface area is 282 Å². The molecule has 268 valence electrons. The van der Waals surface area contributed by atoms with Gasteiger partial charge < -0.3 is 29.9 Å². The van der Waals surface area contributed by atoms with Crippen LogP contribution in [0.2, 0.25) is 0 Å². The third-order valence-corrected chi connectivity index (χ3v) is 11.2. The van der Waals surface area contributed by atoms with Gasteiger partial charge in [-0.3, -0.25) is 18.9 Å². The molecule has 20 heteroatoms. The summed E-state index contributed by atoms with van der Waals surface area (Å²) in [5.74, 6) is -0.518. The van der Waals surface area contributed by atoms with E-state index < -0.39 is 59.9 Å². The molecule has 0 amide bonds. The minimum atomic E-state index is -4.35. The van der Waals surface area contributed by atoms with Gasteiger partial charge in [0.1, 0.15) is 35.2 Å². The second-order valence-electron chi connectivity index (χ2n) is 13.1. The first-order valence-electron chi connectivity index (χ1n) is 15.8. The van der Waals surface area contributed by atoms with Crippen LogP contribution >= 0.6 is 7.75 Å². The molecule has 6 rings (SSSR count). The predicted octanol–water partition coefficient (Wildman–Crippen LogP) is 1.44. The fraction of sp³-hybridized carbons (Fsp3) is 0.586. The zero-order valence-corrected chi connectivity index (χ0v) is 29.2. The number of rotatable bonds is 13. The molecule has 2 saturated carbocycles. The van der Waals surface area contributed by atoms with Crippen molar-refractivity contribution in [2.24, 2.45) is 0 Å². The van der Waals surface area contributed by atoms with E-state index in [1.165, 1.54) is 24.9 Å². The standard InChI is InChI=1S/C29H41N8O10PS/c1-17-9-11-19(12-10-17)47-48(41,34-29(13-6-14-29)26(39)45-18-7-5-8-18)44-15-20-22(38)28(2,40)25(46-20)37-16-31-21-23(32-27(30)33-24(21)37)36(3)35-49(4,42)43/h9-12,16,18,20,22,25,35,38,40H,5-8,13-15H2,1-4H3,(H,34,41)(H2,30,32,33)/t20?,22-,25?,28-,48?/m1/s1. The summed E-state index contributed by atoms with van der Waals surface area (Å²) in [6.45, 7) is 2.68. The average molecular weight is 725 g/mol. The molecule has 0 radical (unpaired) electrons. The van der Waals surface area contributed by atoms with Gasteiger partial charge in [-0.1, -0.05) is 17.7 Å². The lowest BCUT2D eigenvalue weighted by molar-refractivity contribution is -0.164. The summed E-state index contributed by atoms with van der Waals surface area (Å²) in [4.78, 5) is 28.2. The maximum absolute atomic E-state index is 14.4. The lowest BCUT2D eigenvalue weighted by Gasteiger charge is -2.42. The number of sulfonamides is 1. The number of aromatic nitrogens is 4. The number of carbonyl (C=O) groups is 1. The van der Waals surface area contributed by atoms with E-state index in [-0.39, 0.29) is 34.8 Å². The smallest absolute Gasteiger partial charge is 0.459 e. The minimum Gasteiger partial charge on any atom is -0.461 e. The van der Waals surface area contributed by atoms with Crippen molar-refractivity contribution in [2.45, 2.75) is 88.1 Å². The van der Waals surface area contributed by atoms with Crippen LogP contribution in [0.15, 0.2) is 30.6 Å². The number of anilines is 2. The molecule has 0 spiro atoms. The largest absolute Gasteiger partial charge is 0.461 e. The summed E-state index contributed by atoms with van der Waals surface area (Å²) < 4.78 is 63.0. The zero-order valence-electron chi connectivity index (χ0n) is 27.5. The Morgan fingerprint density at radius 1 is 1.22 bits per heavy atom. The van der Waals surface area contributed by atoms with Gasteiger partial charge in [0.15, 0.2) is 23.2 Å². The van der Waals surface area contributed by atoms with Crippen molar-refractivity contribution >= 4 is 46.7 Å². The number of esters is 1. The van der Waals surface area contributed by atoms with E-state index in [9.17, 15) is 28.0 Å². The molecule has 18 nitrogen and oxygen atoms in total. The first-order valence-corrected chi connectivity index (χ1v) is 19.2. The summed E-state index contributed by atoms with van der Waals surface area (Å²) in [5.41, 5.74) is 3.80. The van der Waals surface area contributed by atoms with Gasteiger partial charge >= 0.3 is 13.7 Å². The van der Waals surface area contributed by atoms with Crippen LogP contribution in [0.3, 0.4) is 0 Å². The second kappa shape index (κ2) is 13.0. The van der Waals surface area contributed by atoms with Crippen molar-refractivity contribution in [3.05, 3.63) is 36.2 Å². The molecule has 3 heterocycles. The van der Waals surface area contributed by atoms with Crippen molar-refractivity contribution in [1.29, 1.82) is 0 Å². The molecule has 3 aromatic rings. The van der Waals surface area contributed by atoms with E-state index in [0.29, 0.717) is 19.3 Å². The third-order valence-electron chi connectivity index (χ3n) is 8.98. The maximum atomic E-state index is 14.4. The van der Waals surface area contributed by atoms with Gasteiger partial charge in [0.2, 0.25) is 16.0 Å². The number of nitrogen functional groups attached to an aromatic ring is 1. The molecular weight excluding hydrogens is 683 g/mol. The van der Waals surface area contributed by atoms with Crippen LogP contribution in [0.4, 0.5) is 11.8 Å². The Bertz CT molecular complexity index is 1870. The van der Waals surface area contributed by atoms with E-state index in [4.69, 9.17) is 24.3 Å². The zero-order chi connectivity index (χ0) is 35.4. The van der Waals surface area contributed by atoms with Gasteiger partial charge in [-0.2, -0.15) is 15.1 Å². The number of aliphatic hydroxyl groups excluding tert-OH is 1. The van der Waals surface area contributed by atoms with Crippen LogP contribution in [-0.2, 0) is 33.4 Å². The highest BCUT2D eigenvalue weighted by Gasteiger charge is 2.56. The van der Waals surface area contributed by atoms with Crippen LogP contribution < -0.4 is 25.2 Å². The van der Waals surface area contributed by atoms with Crippen molar-refractivity contribution in [2.75, 3.05) is 30.7 Å². The lowest BCUT2D eigenvalue weighted by atomic mass is 9.77. The maximum Gasteiger partial charge on any atom is 0.459 e. The molecular formula is C29H41N8O10PS. The van der Waals surface area contributed by atoms with Gasteiger partial charge in [-0.15, -0.1) is 4.83 Å². The summed E-state index contributed by atoms with van der Waals surface area (Å²) in [5, 5.41) is 26.7. The fourth-order valence-electron chi connectivity index (χ4n) is 5.89. The van der Waals surface area contributed by atoms with E-state index in [1.54, 1.807) is 24.3 Å². The van der Waals surface area contributed by atoms with Crippen LogP contribution in [0.1, 0.15) is 57.2 Å². The Hall–Kier alpha value is -3.42. The highest BCUT2D eigenvalue weighted by Crippen LogP contribution is 2.52. The van der Waals surface area contributed by atoms with E-state index in [0.717, 1.165) is 36.1 Å². The van der Waals surface area contributed by atoms with Crippen molar-refractivity contribution in [1.82, 2.24) is 29.4 Å². The van der Waals surface area contributed by atoms with Crippen molar-refractivity contribution in [3.8, 4) is 5.75 Å². The Balaban J connectivity index is 1.25. The molecule has 6 N–H and O–H groups in total. The van der Waals surface area contributed by atoms with E-state index >= 15 is 0 Å². The summed E-state index contributed by atoms with van der Waals surface area (Å²) >= 11 is 0. The first kappa shape index (κ1) is 35.4. The predicted molar refractivity (Wildman–Crippen MR) is 175 cm³/mol. The van der Waals surface area contributed by atoms with Crippen LogP contribution in [0, 0.1) is 6.92 Å². The van der Waals surface area contributed by atoms with Gasteiger partial charge in [0, 0.05) is 7.05 Å². The average Bonchev–Trinajstić information content (AvgIpc) is 3.48. The molecule has 1 aliphatic heterocycles. The van der Waals surface area contributed by atoms with Crippen LogP contribution in [0.25, 0.3) is 11.2 Å². The molecule has 3 aliphatic rings. The van der Waals surface area contributed by atoms with Crippen molar-refractivity contribution < 1.29 is 46.5 Å². The van der Waals surface area contributed by atoms with Gasteiger partial charge in [-0.05, 0) is 64.5 Å². The number of hydrogen-bond donors (Lipinski definition) is 5. The number of benzene rings is 1. The number of imidazole rings is 1. The highest BCUT2D eigenvalue weighted by atomic mass is 32.2. The highest BCUT2D eigenvalue weighted by molar-refractivity contribution is 7.88. The van der Waals surface area contributed by atoms with Gasteiger partial charge in [0.25, 0.3) is 0 Å². The number of fused-ring (bicyclic) bond motifs is 1. The number of hydrazine groups is 1. The number of ether oxygens (including phenoxy) is 2. The first-order chi connectivity index (χ1) is 23.0. The normalized spacial score (nSPS) is 26.4. The number of nitrogens with zero attached hydrogens (tertiary/aromatic N) is 5. The molecule has 2 aliphatic carbocycles. The molecule has 3 unspecified atom stereocenters. The van der Waals surface area contributed by atoms with Crippen LogP contribution in [0.5, 0.6) is 5.75 Å². The number of nitrogens with two attached hydrogens (primary N) is 1. The summed E-state index contributed by atoms with van der Waals surface area (Å²) in [6, 6.07) is 6.76. The van der Waals surface area contributed by atoms with Gasteiger partial charge in [-0.25, -0.2) is 18.0 Å².